The summed E-state index contributed by atoms with van der Waals surface area (Å²) in [6.45, 7) is 3.02. The van der Waals surface area contributed by atoms with Gasteiger partial charge in [0.05, 0.1) is 6.20 Å². The van der Waals surface area contributed by atoms with Crippen LogP contribution in [0.15, 0.2) is 73.4 Å². The number of hydrogen-bond donors (Lipinski definition) is 0. The van der Waals surface area contributed by atoms with Crippen molar-refractivity contribution >= 4 is 17.0 Å². The Bertz CT molecular complexity index is 1230. The lowest BCUT2D eigenvalue weighted by Crippen LogP contribution is -2.54. The van der Waals surface area contributed by atoms with Crippen molar-refractivity contribution in [1.82, 2.24) is 24.5 Å². The van der Waals surface area contributed by atoms with Gasteiger partial charge in [0.2, 0.25) is 0 Å². The fraction of sp³-hybridized carbons (Fsp3) is 0.370. The zero-order chi connectivity index (χ0) is 22.7. The van der Waals surface area contributed by atoms with E-state index in [9.17, 15) is 0 Å². The highest BCUT2D eigenvalue weighted by molar-refractivity contribution is 5.75. The molecule has 7 nitrogen and oxygen atoms in total. The van der Waals surface area contributed by atoms with Crippen molar-refractivity contribution < 1.29 is 4.74 Å². The molecule has 1 aliphatic carbocycles. The highest BCUT2D eigenvalue weighted by atomic mass is 16.5. The Labute approximate surface area is 200 Å². The van der Waals surface area contributed by atoms with Crippen molar-refractivity contribution in [2.24, 2.45) is 0 Å². The van der Waals surface area contributed by atoms with Crippen molar-refractivity contribution in [1.29, 1.82) is 0 Å². The molecule has 7 heteroatoms. The molecule has 0 atom stereocenters. The number of ether oxygens (including phenoxy) is 1. The number of anilines is 2. The van der Waals surface area contributed by atoms with Gasteiger partial charge in [-0.25, -0.2) is 14.5 Å². The summed E-state index contributed by atoms with van der Waals surface area (Å²) in [7, 11) is 0. The normalized spacial score (nSPS) is 20.7. The summed E-state index contributed by atoms with van der Waals surface area (Å²) in [6.07, 6.45) is 11.5. The molecule has 2 aliphatic rings. The first-order chi connectivity index (χ1) is 16.8. The second-order valence-corrected chi connectivity index (χ2v) is 9.32. The number of benzene rings is 2. The standard InChI is InChI=1S/C27H30N6O/c1-3-8-21(9-4-1)18-34-25-11-7-10-22(16-25)33(27-26-17-28-20-32(26)30-19-29-27)24-14-23(15-24)31-12-5-2-6-13-31/h1,3-4,7-11,16-17,19-20,23-24H,2,5-6,12-15,18H2. The van der Waals surface area contributed by atoms with Gasteiger partial charge in [0.15, 0.2) is 5.82 Å². The molecule has 0 bridgehead atoms. The van der Waals surface area contributed by atoms with Gasteiger partial charge in [0, 0.05) is 23.8 Å². The van der Waals surface area contributed by atoms with E-state index < -0.39 is 0 Å². The number of imidazole rings is 1. The van der Waals surface area contributed by atoms with E-state index in [1.807, 2.05) is 30.5 Å². The summed E-state index contributed by atoms with van der Waals surface area (Å²) in [5.74, 6) is 1.76. The minimum absolute atomic E-state index is 0.380. The van der Waals surface area contributed by atoms with E-state index in [-0.39, 0.29) is 0 Å². The van der Waals surface area contributed by atoms with Crippen LogP contribution in [0, 0.1) is 0 Å². The van der Waals surface area contributed by atoms with E-state index in [1.54, 1.807) is 17.2 Å². The summed E-state index contributed by atoms with van der Waals surface area (Å²) < 4.78 is 7.95. The van der Waals surface area contributed by atoms with Crippen molar-refractivity contribution in [3.63, 3.8) is 0 Å². The minimum atomic E-state index is 0.380. The first kappa shape index (κ1) is 21.1. The molecule has 2 aromatic carbocycles. The van der Waals surface area contributed by atoms with E-state index in [1.165, 1.54) is 32.4 Å². The molecule has 2 fully saturated rings. The van der Waals surface area contributed by atoms with Gasteiger partial charge in [-0.3, -0.25) is 0 Å². The lowest BCUT2D eigenvalue weighted by Gasteiger charge is -2.49. The molecule has 0 N–H and O–H groups in total. The van der Waals surface area contributed by atoms with Crippen LogP contribution in [-0.4, -0.2) is 49.7 Å². The Kier molecular flexibility index (Phi) is 5.85. The highest BCUT2D eigenvalue weighted by Crippen LogP contribution is 2.40. The van der Waals surface area contributed by atoms with Gasteiger partial charge in [0.1, 0.15) is 30.5 Å². The lowest BCUT2D eigenvalue weighted by atomic mass is 9.83. The smallest absolute Gasteiger partial charge is 0.162 e. The molecule has 2 aromatic heterocycles. The molecular formula is C27H30N6O. The van der Waals surface area contributed by atoms with Crippen LogP contribution in [0.5, 0.6) is 5.75 Å². The van der Waals surface area contributed by atoms with Gasteiger partial charge in [-0.05, 0) is 56.5 Å². The summed E-state index contributed by atoms with van der Waals surface area (Å²) in [4.78, 5) is 14.1. The molecule has 4 aromatic rings. The van der Waals surface area contributed by atoms with Crippen LogP contribution in [0.2, 0.25) is 0 Å². The van der Waals surface area contributed by atoms with Crippen LogP contribution >= 0.6 is 0 Å². The van der Waals surface area contributed by atoms with Crippen LogP contribution in [0.4, 0.5) is 11.5 Å². The Balaban J connectivity index is 1.28. The summed E-state index contributed by atoms with van der Waals surface area (Å²) in [5.41, 5.74) is 3.17. The average molecular weight is 455 g/mol. The number of piperidine rings is 1. The third-order valence-corrected chi connectivity index (χ3v) is 7.14. The van der Waals surface area contributed by atoms with E-state index in [0.29, 0.717) is 18.7 Å². The van der Waals surface area contributed by atoms with Gasteiger partial charge in [-0.15, -0.1) is 0 Å². The maximum atomic E-state index is 6.15. The molecule has 34 heavy (non-hydrogen) atoms. The zero-order valence-electron chi connectivity index (χ0n) is 19.3. The third kappa shape index (κ3) is 4.23. The summed E-state index contributed by atoms with van der Waals surface area (Å²) >= 11 is 0. The first-order valence-corrected chi connectivity index (χ1v) is 12.3. The maximum Gasteiger partial charge on any atom is 0.162 e. The Hall–Kier alpha value is -3.45. The predicted octanol–water partition coefficient (Wildman–Crippen LogP) is 4.86. The molecule has 0 unspecified atom stereocenters. The van der Waals surface area contributed by atoms with Gasteiger partial charge in [0.25, 0.3) is 0 Å². The lowest BCUT2D eigenvalue weighted by molar-refractivity contribution is 0.0903. The largest absolute Gasteiger partial charge is 0.489 e. The quantitative estimate of drug-likeness (QED) is 0.398. The van der Waals surface area contributed by atoms with E-state index in [2.05, 4.69) is 50.2 Å². The monoisotopic (exact) mass is 454 g/mol. The maximum absolute atomic E-state index is 6.15. The van der Waals surface area contributed by atoms with Gasteiger partial charge < -0.3 is 14.5 Å². The zero-order valence-corrected chi connectivity index (χ0v) is 19.3. The first-order valence-electron chi connectivity index (χ1n) is 12.3. The molecule has 0 amide bonds. The Morgan fingerprint density at radius 2 is 1.82 bits per heavy atom. The Morgan fingerprint density at radius 3 is 2.68 bits per heavy atom. The number of fused-ring (bicyclic) bond motifs is 1. The van der Waals surface area contributed by atoms with Crippen LogP contribution in [-0.2, 0) is 6.61 Å². The topological polar surface area (TPSA) is 58.8 Å². The van der Waals surface area contributed by atoms with Crippen LogP contribution in [0.1, 0.15) is 37.7 Å². The highest BCUT2D eigenvalue weighted by Gasteiger charge is 2.39. The number of rotatable bonds is 7. The third-order valence-electron chi connectivity index (χ3n) is 7.14. The van der Waals surface area contributed by atoms with Gasteiger partial charge in [-0.2, -0.15) is 5.10 Å². The average Bonchev–Trinajstić information content (AvgIpc) is 3.35. The second-order valence-electron chi connectivity index (χ2n) is 9.32. The van der Waals surface area contributed by atoms with Crippen molar-refractivity contribution in [3.05, 3.63) is 79.0 Å². The van der Waals surface area contributed by atoms with Crippen molar-refractivity contribution in [3.8, 4) is 5.75 Å². The minimum Gasteiger partial charge on any atom is -0.489 e. The second kappa shape index (κ2) is 9.43. The number of nitrogens with zero attached hydrogens (tertiary/aromatic N) is 6. The van der Waals surface area contributed by atoms with Crippen LogP contribution < -0.4 is 9.64 Å². The SMILES string of the molecule is c1ccc(COc2cccc(N(c3ncnn4cncc34)C3CC(N4CCCCC4)C3)c2)cc1. The molecule has 0 radical (unpaired) electrons. The number of aromatic nitrogens is 4. The molecular weight excluding hydrogens is 424 g/mol. The molecule has 1 aliphatic heterocycles. The molecule has 6 rings (SSSR count). The molecule has 174 valence electrons. The molecule has 1 saturated carbocycles. The van der Waals surface area contributed by atoms with Crippen molar-refractivity contribution in [2.75, 3.05) is 18.0 Å². The predicted molar refractivity (Wildman–Crippen MR) is 132 cm³/mol. The number of likely N-dealkylation sites (tertiary alicyclic amines) is 1. The van der Waals surface area contributed by atoms with Crippen LogP contribution in [0.25, 0.3) is 5.52 Å². The molecule has 0 spiro atoms. The van der Waals surface area contributed by atoms with Crippen molar-refractivity contribution in [2.45, 2.75) is 50.8 Å². The molecule has 3 heterocycles. The Morgan fingerprint density at radius 1 is 0.971 bits per heavy atom. The molecule has 1 saturated heterocycles. The van der Waals surface area contributed by atoms with E-state index in [0.717, 1.165) is 41.2 Å². The van der Waals surface area contributed by atoms with Crippen LogP contribution in [0.3, 0.4) is 0 Å². The fourth-order valence-electron chi connectivity index (χ4n) is 5.25. The van der Waals surface area contributed by atoms with E-state index >= 15 is 0 Å². The fourth-order valence-corrected chi connectivity index (χ4v) is 5.25. The summed E-state index contributed by atoms with van der Waals surface area (Å²) in [5, 5.41) is 4.33. The number of hydrogen-bond acceptors (Lipinski definition) is 6. The summed E-state index contributed by atoms with van der Waals surface area (Å²) in [6, 6.07) is 19.7. The van der Waals surface area contributed by atoms with Gasteiger partial charge >= 0.3 is 0 Å². The van der Waals surface area contributed by atoms with E-state index in [4.69, 9.17) is 9.72 Å². The van der Waals surface area contributed by atoms with Gasteiger partial charge in [-0.1, -0.05) is 42.8 Å².